The zero-order valence-electron chi connectivity index (χ0n) is 17.0. The Morgan fingerprint density at radius 2 is 1.97 bits per heavy atom. The van der Waals surface area contributed by atoms with Crippen LogP contribution in [0.25, 0.3) is 0 Å². The number of ether oxygens (including phenoxy) is 1. The van der Waals surface area contributed by atoms with E-state index in [-0.39, 0.29) is 17.2 Å². The minimum absolute atomic E-state index is 0.0502. The molecule has 0 heterocycles. The maximum Gasteiger partial charge on any atom is 0.343 e. The summed E-state index contributed by atoms with van der Waals surface area (Å²) in [5.41, 5.74) is -0.578. The van der Waals surface area contributed by atoms with Crippen LogP contribution in [0.1, 0.15) is 41.6 Å². The Morgan fingerprint density at radius 1 is 1.21 bits per heavy atom. The summed E-state index contributed by atoms with van der Waals surface area (Å²) >= 11 is 0. The Balaban J connectivity index is 1.66. The van der Waals surface area contributed by atoms with Gasteiger partial charge in [-0.1, -0.05) is 24.6 Å². The second-order valence-electron chi connectivity index (χ2n) is 8.83. The van der Waals surface area contributed by atoms with E-state index < -0.39 is 17.4 Å². The molecule has 4 nitrogen and oxygen atoms in total. The molecule has 0 radical (unpaired) electrons. The van der Waals surface area contributed by atoms with E-state index in [1.807, 2.05) is 20.2 Å². The molecule has 4 atom stereocenters. The molecule has 0 spiro atoms. The van der Waals surface area contributed by atoms with Crippen LogP contribution < -0.4 is 4.74 Å². The van der Waals surface area contributed by atoms with Gasteiger partial charge in [-0.05, 0) is 75.5 Å². The quantitative estimate of drug-likeness (QED) is 0.606. The molecule has 0 saturated heterocycles. The van der Waals surface area contributed by atoms with Crippen LogP contribution in [0.4, 0.5) is 4.39 Å². The molecule has 2 saturated carbocycles. The van der Waals surface area contributed by atoms with Crippen molar-refractivity contribution in [3.63, 3.8) is 0 Å². The number of benzene rings is 2. The summed E-state index contributed by atoms with van der Waals surface area (Å²) in [5, 5.41) is 11.8. The summed E-state index contributed by atoms with van der Waals surface area (Å²) in [7, 11) is 3.96. The first-order valence-corrected chi connectivity index (χ1v) is 10.3. The highest BCUT2D eigenvalue weighted by atomic mass is 19.1. The van der Waals surface area contributed by atoms with E-state index in [2.05, 4.69) is 4.90 Å². The van der Waals surface area contributed by atoms with E-state index >= 15 is 0 Å². The molecule has 29 heavy (non-hydrogen) atoms. The minimum Gasteiger partial charge on any atom is -0.423 e. The van der Waals surface area contributed by atoms with Crippen LogP contribution in [-0.4, -0.2) is 36.6 Å². The molecule has 0 aromatic heterocycles. The molecule has 2 aromatic carbocycles. The van der Waals surface area contributed by atoms with Crippen LogP contribution in [0.2, 0.25) is 0 Å². The van der Waals surface area contributed by atoms with E-state index in [0.717, 1.165) is 19.3 Å². The number of carbonyl (C=O) groups is 1. The van der Waals surface area contributed by atoms with Crippen LogP contribution in [-0.2, 0) is 5.60 Å². The van der Waals surface area contributed by atoms with Crippen molar-refractivity contribution in [1.82, 2.24) is 4.90 Å². The number of fused-ring (bicyclic) bond motifs is 2. The molecule has 2 aliphatic rings. The predicted octanol–water partition coefficient (Wildman–Crippen LogP) is 4.23. The highest BCUT2D eigenvalue weighted by molar-refractivity contribution is 5.90. The lowest BCUT2D eigenvalue weighted by atomic mass is 9.65. The number of carbonyl (C=O) groups excluding carboxylic acids is 1. The molecule has 154 valence electrons. The van der Waals surface area contributed by atoms with Crippen molar-refractivity contribution in [1.29, 1.82) is 0 Å². The van der Waals surface area contributed by atoms with Crippen LogP contribution in [0.15, 0.2) is 48.5 Å². The van der Waals surface area contributed by atoms with Crippen molar-refractivity contribution in [3.8, 4) is 5.75 Å². The van der Waals surface area contributed by atoms with Crippen molar-refractivity contribution >= 4 is 5.97 Å². The lowest BCUT2D eigenvalue weighted by Crippen LogP contribution is -2.48. The van der Waals surface area contributed by atoms with Gasteiger partial charge in [-0.25, -0.2) is 9.18 Å². The second kappa shape index (κ2) is 7.88. The molecule has 0 amide bonds. The van der Waals surface area contributed by atoms with E-state index in [4.69, 9.17) is 4.74 Å². The van der Waals surface area contributed by atoms with Gasteiger partial charge < -0.3 is 14.7 Å². The van der Waals surface area contributed by atoms with Crippen molar-refractivity contribution in [2.75, 3.05) is 20.6 Å². The Kier molecular flexibility index (Phi) is 5.45. The minimum atomic E-state index is -1.26. The fourth-order valence-corrected chi connectivity index (χ4v) is 5.29. The van der Waals surface area contributed by atoms with Crippen molar-refractivity contribution in [3.05, 3.63) is 65.5 Å². The van der Waals surface area contributed by atoms with Gasteiger partial charge in [0, 0.05) is 18.0 Å². The van der Waals surface area contributed by atoms with Crippen LogP contribution in [0, 0.1) is 23.6 Å². The fraction of sp³-hybridized carbons (Fsp3) is 0.458. The molecule has 2 fully saturated rings. The summed E-state index contributed by atoms with van der Waals surface area (Å²) < 4.78 is 20.4. The van der Waals surface area contributed by atoms with Gasteiger partial charge in [-0.15, -0.1) is 0 Å². The Bertz CT molecular complexity index is 885. The topological polar surface area (TPSA) is 49.8 Å². The first-order chi connectivity index (χ1) is 13.9. The smallest absolute Gasteiger partial charge is 0.343 e. The molecule has 2 aliphatic carbocycles. The van der Waals surface area contributed by atoms with Gasteiger partial charge in [0.2, 0.25) is 0 Å². The van der Waals surface area contributed by atoms with Gasteiger partial charge in [0.25, 0.3) is 0 Å². The van der Waals surface area contributed by atoms with Gasteiger partial charge in [-0.2, -0.15) is 0 Å². The molecular weight excluding hydrogens is 369 g/mol. The molecular formula is C24H28FNO3. The van der Waals surface area contributed by atoms with Crippen LogP contribution in [0.3, 0.4) is 0 Å². The third kappa shape index (κ3) is 3.94. The van der Waals surface area contributed by atoms with Crippen molar-refractivity contribution in [2.24, 2.45) is 17.8 Å². The molecule has 4 rings (SSSR count). The number of nitrogens with zero attached hydrogens (tertiary/aromatic N) is 1. The zero-order chi connectivity index (χ0) is 20.6. The highest BCUT2D eigenvalue weighted by Crippen LogP contribution is 2.54. The third-order valence-corrected chi connectivity index (χ3v) is 6.55. The largest absolute Gasteiger partial charge is 0.423 e. The summed E-state index contributed by atoms with van der Waals surface area (Å²) in [4.78, 5) is 14.5. The van der Waals surface area contributed by atoms with Crippen LogP contribution in [0.5, 0.6) is 5.75 Å². The van der Waals surface area contributed by atoms with E-state index in [1.165, 1.54) is 18.2 Å². The Morgan fingerprint density at radius 3 is 2.69 bits per heavy atom. The van der Waals surface area contributed by atoms with E-state index in [1.54, 1.807) is 24.3 Å². The first-order valence-electron chi connectivity index (χ1n) is 10.3. The molecule has 1 N–H and O–H groups in total. The lowest BCUT2D eigenvalue weighted by Gasteiger charge is -2.45. The predicted molar refractivity (Wildman–Crippen MR) is 109 cm³/mol. The van der Waals surface area contributed by atoms with E-state index in [0.29, 0.717) is 30.4 Å². The monoisotopic (exact) mass is 397 g/mol. The zero-order valence-corrected chi connectivity index (χ0v) is 17.0. The number of rotatable bonds is 5. The number of hydrogen-bond acceptors (Lipinski definition) is 4. The summed E-state index contributed by atoms with van der Waals surface area (Å²) in [6.45, 7) is 0.696. The maximum absolute atomic E-state index is 14.9. The SMILES string of the molecule is CN(C)C[C@H]1C2CCC(C2)C[C@]1(O)c1cc(OC(=O)c2ccccc2)ccc1F. The Hall–Kier alpha value is -2.24. The number of aliphatic hydroxyl groups is 1. The van der Waals surface area contributed by atoms with Gasteiger partial charge in [0.1, 0.15) is 11.6 Å². The molecule has 5 heteroatoms. The molecule has 2 unspecified atom stereocenters. The van der Waals surface area contributed by atoms with Crippen molar-refractivity contribution in [2.45, 2.75) is 31.3 Å². The van der Waals surface area contributed by atoms with Gasteiger partial charge in [-0.3, -0.25) is 0 Å². The van der Waals surface area contributed by atoms with E-state index in [9.17, 15) is 14.3 Å². The normalized spacial score (nSPS) is 28.5. The fourth-order valence-electron chi connectivity index (χ4n) is 5.29. The number of esters is 1. The van der Waals surface area contributed by atoms with Crippen LogP contribution >= 0.6 is 0 Å². The van der Waals surface area contributed by atoms with Gasteiger partial charge in [0.05, 0.1) is 11.2 Å². The third-order valence-electron chi connectivity index (χ3n) is 6.55. The maximum atomic E-state index is 14.9. The highest BCUT2D eigenvalue weighted by Gasteiger charge is 2.52. The summed E-state index contributed by atoms with van der Waals surface area (Å²) in [6.07, 6.45) is 3.82. The number of hydrogen-bond donors (Lipinski definition) is 1. The lowest BCUT2D eigenvalue weighted by molar-refractivity contribution is -0.0913. The average Bonchev–Trinajstić information content (AvgIpc) is 3.10. The van der Waals surface area contributed by atoms with Crippen molar-refractivity contribution < 1.29 is 19.0 Å². The van der Waals surface area contributed by atoms with Gasteiger partial charge >= 0.3 is 5.97 Å². The molecule has 2 aromatic rings. The average molecular weight is 397 g/mol. The Labute approximate surface area is 171 Å². The molecule has 0 aliphatic heterocycles. The molecule has 2 bridgehead atoms. The van der Waals surface area contributed by atoms with Gasteiger partial charge in [0.15, 0.2) is 0 Å². The summed E-state index contributed by atoms with van der Waals surface area (Å²) in [5.74, 6) is 0.0613. The standard InChI is InChI=1S/C24H28FNO3/c1-26(2)15-21-18-9-8-16(12-18)14-24(21,28)20-13-19(10-11-22(20)25)29-23(27)17-6-4-3-5-7-17/h3-7,10-11,13,16,18,21,28H,8-9,12,14-15H2,1-2H3/t16?,18?,21-,24-/m0/s1. The summed E-state index contributed by atoms with van der Waals surface area (Å²) in [6, 6.07) is 13.0. The second-order valence-corrected chi connectivity index (χ2v) is 8.83. The first kappa shape index (κ1) is 20.0. The number of halogens is 1.